The minimum atomic E-state index is 0.846. The Balaban J connectivity index is 2.20. The molecular formula is C13H20OS. The largest absolute Gasteiger partial charge is 0.494 e. The maximum atomic E-state index is 5.64. The first-order valence-corrected chi connectivity index (χ1v) is 6.86. The summed E-state index contributed by atoms with van der Waals surface area (Å²) in [6, 6.07) is 8.30. The van der Waals surface area contributed by atoms with Crippen LogP contribution in [-0.4, -0.2) is 12.9 Å². The van der Waals surface area contributed by atoms with Crippen LogP contribution >= 0.6 is 11.8 Å². The lowest BCUT2D eigenvalue weighted by atomic mass is 10.2. The van der Waals surface area contributed by atoms with Gasteiger partial charge in [0.1, 0.15) is 5.75 Å². The van der Waals surface area contributed by atoms with Gasteiger partial charge in [-0.05, 0) is 36.9 Å². The molecule has 1 rings (SSSR count). The Morgan fingerprint density at radius 1 is 1.07 bits per heavy atom. The minimum Gasteiger partial charge on any atom is -0.494 e. The lowest BCUT2D eigenvalue weighted by molar-refractivity contribution is 0.305. The van der Waals surface area contributed by atoms with Crippen molar-refractivity contribution >= 4 is 11.8 Å². The summed E-state index contributed by atoms with van der Waals surface area (Å²) < 4.78 is 5.64. The Bertz CT molecular complexity index is 256. The van der Waals surface area contributed by atoms with Gasteiger partial charge in [-0.3, -0.25) is 0 Å². The highest BCUT2D eigenvalue weighted by Crippen LogP contribution is 2.19. The summed E-state index contributed by atoms with van der Waals surface area (Å²) in [5, 5.41) is 0. The fourth-order valence-corrected chi connectivity index (χ4v) is 1.80. The van der Waals surface area contributed by atoms with E-state index in [1.165, 1.54) is 24.2 Å². The maximum absolute atomic E-state index is 5.64. The van der Waals surface area contributed by atoms with Crippen molar-refractivity contribution in [2.24, 2.45) is 0 Å². The average molecular weight is 224 g/mol. The van der Waals surface area contributed by atoms with Gasteiger partial charge in [-0.2, -0.15) is 0 Å². The van der Waals surface area contributed by atoms with Gasteiger partial charge in [0.25, 0.3) is 0 Å². The molecule has 0 atom stereocenters. The van der Waals surface area contributed by atoms with E-state index in [4.69, 9.17) is 4.74 Å². The first-order valence-electron chi connectivity index (χ1n) is 5.63. The molecule has 84 valence electrons. The molecule has 0 N–H and O–H groups in total. The smallest absolute Gasteiger partial charge is 0.119 e. The van der Waals surface area contributed by atoms with Gasteiger partial charge in [-0.15, -0.1) is 11.8 Å². The van der Waals surface area contributed by atoms with Crippen molar-refractivity contribution in [3.05, 3.63) is 24.3 Å². The second-order valence-electron chi connectivity index (χ2n) is 3.58. The average Bonchev–Trinajstić information content (AvgIpc) is 2.30. The number of hydrogen-bond acceptors (Lipinski definition) is 2. The number of rotatable bonds is 7. The van der Waals surface area contributed by atoms with Crippen molar-refractivity contribution in [1.29, 1.82) is 0 Å². The molecule has 0 aliphatic carbocycles. The van der Waals surface area contributed by atoms with Crippen molar-refractivity contribution in [3.8, 4) is 5.75 Å². The zero-order valence-corrected chi connectivity index (χ0v) is 10.5. The molecule has 1 aromatic carbocycles. The Labute approximate surface area is 97.2 Å². The van der Waals surface area contributed by atoms with Crippen molar-refractivity contribution in [1.82, 2.24) is 0 Å². The molecule has 15 heavy (non-hydrogen) atoms. The molecule has 0 aliphatic heterocycles. The van der Waals surface area contributed by atoms with E-state index in [0.29, 0.717) is 0 Å². The first-order chi connectivity index (χ1) is 7.36. The van der Waals surface area contributed by atoms with Gasteiger partial charge in [0.15, 0.2) is 0 Å². The van der Waals surface area contributed by atoms with Gasteiger partial charge in [0.05, 0.1) is 6.61 Å². The summed E-state index contributed by atoms with van der Waals surface area (Å²) in [5.74, 6) is 0.990. The van der Waals surface area contributed by atoms with Crippen LogP contribution in [0.1, 0.15) is 32.6 Å². The second-order valence-corrected chi connectivity index (χ2v) is 4.46. The fourth-order valence-electron chi connectivity index (χ4n) is 1.39. The highest BCUT2D eigenvalue weighted by molar-refractivity contribution is 7.98. The van der Waals surface area contributed by atoms with Crippen molar-refractivity contribution in [2.45, 2.75) is 37.5 Å². The number of hydrogen-bond donors (Lipinski definition) is 0. The summed E-state index contributed by atoms with van der Waals surface area (Å²) in [6.07, 6.45) is 7.12. The third kappa shape index (κ3) is 5.12. The summed E-state index contributed by atoms with van der Waals surface area (Å²) >= 11 is 1.76. The Hall–Kier alpha value is -0.630. The van der Waals surface area contributed by atoms with Gasteiger partial charge in [0.2, 0.25) is 0 Å². The molecule has 2 heteroatoms. The number of thioether (sulfide) groups is 1. The molecule has 0 saturated heterocycles. The molecule has 0 unspecified atom stereocenters. The highest BCUT2D eigenvalue weighted by atomic mass is 32.2. The van der Waals surface area contributed by atoms with Crippen LogP contribution in [0, 0.1) is 0 Å². The molecule has 0 saturated carbocycles. The quantitative estimate of drug-likeness (QED) is 0.502. The second kappa shape index (κ2) is 7.63. The van der Waals surface area contributed by atoms with Crippen LogP contribution in [0.4, 0.5) is 0 Å². The summed E-state index contributed by atoms with van der Waals surface area (Å²) in [4.78, 5) is 1.29. The van der Waals surface area contributed by atoms with Gasteiger partial charge >= 0.3 is 0 Å². The lowest BCUT2D eigenvalue weighted by Gasteiger charge is -2.06. The SMILES string of the molecule is CCCCCCOc1ccc(SC)cc1. The predicted octanol–water partition coefficient (Wildman–Crippen LogP) is 4.37. The van der Waals surface area contributed by atoms with Gasteiger partial charge < -0.3 is 4.74 Å². The van der Waals surface area contributed by atoms with Crippen LogP contribution in [0.15, 0.2) is 29.2 Å². The number of ether oxygens (including phenoxy) is 1. The summed E-state index contributed by atoms with van der Waals surface area (Å²) in [7, 11) is 0. The molecule has 1 aromatic rings. The third-order valence-corrected chi connectivity index (χ3v) is 3.07. The topological polar surface area (TPSA) is 9.23 Å². The van der Waals surface area contributed by atoms with Crippen LogP contribution in [0.3, 0.4) is 0 Å². The van der Waals surface area contributed by atoms with E-state index < -0.39 is 0 Å². The molecule has 0 amide bonds. The minimum absolute atomic E-state index is 0.846. The monoisotopic (exact) mass is 224 g/mol. The number of benzene rings is 1. The van der Waals surface area contributed by atoms with Gasteiger partial charge in [-0.25, -0.2) is 0 Å². The molecule has 0 spiro atoms. The molecule has 1 nitrogen and oxygen atoms in total. The van der Waals surface area contributed by atoms with Crippen molar-refractivity contribution in [2.75, 3.05) is 12.9 Å². The van der Waals surface area contributed by atoms with Crippen LogP contribution in [0.2, 0.25) is 0 Å². The van der Waals surface area contributed by atoms with E-state index >= 15 is 0 Å². The van der Waals surface area contributed by atoms with E-state index in [1.807, 2.05) is 12.1 Å². The molecule has 0 aliphatic rings. The van der Waals surface area contributed by atoms with Crippen LogP contribution in [0.25, 0.3) is 0 Å². The molecule has 0 bridgehead atoms. The van der Waals surface area contributed by atoms with Gasteiger partial charge in [0, 0.05) is 4.90 Å². The summed E-state index contributed by atoms with van der Waals surface area (Å²) in [5.41, 5.74) is 0. The molecule has 0 aromatic heterocycles. The normalized spacial score (nSPS) is 10.3. The van der Waals surface area contributed by atoms with Gasteiger partial charge in [-0.1, -0.05) is 26.2 Å². The summed E-state index contributed by atoms with van der Waals surface area (Å²) in [6.45, 7) is 3.07. The zero-order chi connectivity index (χ0) is 10.9. The molecule has 0 heterocycles. The van der Waals surface area contributed by atoms with Crippen LogP contribution in [-0.2, 0) is 0 Å². The fraction of sp³-hybridized carbons (Fsp3) is 0.538. The van der Waals surface area contributed by atoms with Crippen LogP contribution in [0.5, 0.6) is 5.75 Å². The molecular weight excluding hydrogens is 204 g/mol. The van der Waals surface area contributed by atoms with E-state index in [1.54, 1.807) is 11.8 Å². The maximum Gasteiger partial charge on any atom is 0.119 e. The number of unbranched alkanes of at least 4 members (excludes halogenated alkanes) is 3. The van der Waals surface area contributed by atoms with Crippen molar-refractivity contribution in [3.63, 3.8) is 0 Å². The Morgan fingerprint density at radius 2 is 1.80 bits per heavy atom. The Morgan fingerprint density at radius 3 is 2.40 bits per heavy atom. The predicted molar refractivity (Wildman–Crippen MR) is 67.9 cm³/mol. The third-order valence-electron chi connectivity index (χ3n) is 2.33. The highest BCUT2D eigenvalue weighted by Gasteiger charge is 1.94. The first kappa shape index (κ1) is 12.4. The zero-order valence-electron chi connectivity index (χ0n) is 9.66. The Kier molecular flexibility index (Phi) is 6.33. The molecule has 0 radical (unpaired) electrons. The van der Waals surface area contributed by atoms with E-state index in [2.05, 4.69) is 25.3 Å². The van der Waals surface area contributed by atoms with Crippen molar-refractivity contribution < 1.29 is 4.74 Å². The lowest BCUT2D eigenvalue weighted by Crippen LogP contribution is -1.96. The standard InChI is InChI=1S/C13H20OS/c1-3-4-5-6-11-14-12-7-9-13(15-2)10-8-12/h7-10H,3-6,11H2,1-2H3. The molecule has 0 fully saturated rings. The van der Waals surface area contributed by atoms with Crippen LogP contribution < -0.4 is 4.74 Å². The van der Waals surface area contributed by atoms with E-state index in [9.17, 15) is 0 Å². The van der Waals surface area contributed by atoms with E-state index in [-0.39, 0.29) is 0 Å². The van der Waals surface area contributed by atoms with E-state index in [0.717, 1.165) is 18.8 Å².